The molecule has 0 radical (unpaired) electrons. The monoisotopic (exact) mass is 474 g/mol. The van der Waals surface area contributed by atoms with Gasteiger partial charge in [-0.1, -0.05) is 31.4 Å². The van der Waals surface area contributed by atoms with Gasteiger partial charge in [0.25, 0.3) is 0 Å². The van der Waals surface area contributed by atoms with Crippen LogP contribution in [0.1, 0.15) is 50.1 Å². The normalized spacial score (nSPS) is 15.9. The molecule has 0 amide bonds. The van der Waals surface area contributed by atoms with E-state index in [0.717, 1.165) is 53.5 Å². The van der Waals surface area contributed by atoms with Gasteiger partial charge in [0.15, 0.2) is 9.84 Å². The third-order valence-corrected chi connectivity index (χ3v) is 8.50. The van der Waals surface area contributed by atoms with Crippen LogP contribution in [0, 0.1) is 17.2 Å². The number of H-pyrrole nitrogens is 1. The van der Waals surface area contributed by atoms with Crippen LogP contribution in [0.25, 0.3) is 22.3 Å². The fraction of sp³-hybridized carbons (Fsp3) is 0.360. The van der Waals surface area contributed by atoms with Crippen LogP contribution in [-0.4, -0.2) is 38.9 Å². The Bertz CT molecular complexity index is 1440. The molecule has 1 aliphatic rings. The molecule has 34 heavy (non-hydrogen) atoms. The van der Waals surface area contributed by atoms with E-state index in [4.69, 9.17) is 0 Å². The van der Waals surface area contributed by atoms with E-state index in [2.05, 4.69) is 26.1 Å². The minimum Gasteiger partial charge on any atom is -0.346 e. The van der Waals surface area contributed by atoms with Crippen LogP contribution in [0.3, 0.4) is 0 Å². The fourth-order valence-corrected chi connectivity index (χ4v) is 6.61. The van der Waals surface area contributed by atoms with Gasteiger partial charge in [0, 0.05) is 23.3 Å². The van der Waals surface area contributed by atoms with E-state index in [-0.39, 0.29) is 18.1 Å². The van der Waals surface area contributed by atoms with Crippen LogP contribution >= 0.6 is 0 Å². The van der Waals surface area contributed by atoms with Gasteiger partial charge in [-0.15, -0.1) is 0 Å². The summed E-state index contributed by atoms with van der Waals surface area (Å²) in [5.41, 5.74) is 3.03. The molecular formula is C25H26N6O2S. The number of fused-ring (bicyclic) bond motifs is 1. The molecule has 9 heteroatoms. The van der Waals surface area contributed by atoms with Gasteiger partial charge in [-0.05, 0) is 42.5 Å². The summed E-state index contributed by atoms with van der Waals surface area (Å²) in [7, 11) is -3.40. The highest BCUT2D eigenvalue weighted by atomic mass is 32.2. The van der Waals surface area contributed by atoms with Crippen molar-refractivity contribution in [1.29, 1.82) is 5.26 Å². The summed E-state index contributed by atoms with van der Waals surface area (Å²) in [5.74, 6) is 0.412. The lowest BCUT2D eigenvalue weighted by atomic mass is 9.91. The van der Waals surface area contributed by atoms with Gasteiger partial charge in [0.05, 0.1) is 41.1 Å². The number of hydrogen-bond acceptors (Lipinski definition) is 6. The summed E-state index contributed by atoms with van der Waals surface area (Å²) in [6.45, 7) is 0. The van der Waals surface area contributed by atoms with Gasteiger partial charge in [-0.2, -0.15) is 10.4 Å². The van der Waals surface area contributed by atoms with Crippen LogP contribution in [0.4, 0.5) is 0 Å². The molecular weight excluding hydrogens is 448 g/mol. The van der Waals surface area contributed by atoms with Crippen molar-refractivity contribution >= 4 is 20.9 Å². The maximum atomic E-state index is 13.2. The Hall–Kier alpha value is -3.51. The molecule has 1 fully saturated rings. The van der Waals surface area contributed by atoms with Crippen molar-refractivity contribution in [3.05, 3.63) is 60.8 Å². The predicted octanol–water partition coefficient (Wildman–Crippen LogP) is 4.68. The van der Waals surface area contributed by atoms with Crippen molar-refractivity contribution in [3.63, 3.8) is 0 Å². The van der Waals surface area contributed by atoms with Crippen LogP contribution < -0.4 is 0 Å². The third kappa shape index (κ3) is 4.46. The van der Waals surface area contributed by atoms with E-state index >= 15 is 0 Å². The summed E-state index contributed by atoms with van der Waals surface area (Å²) >= 11 is 0. The molecule has 1 aromatic carbocycles. The summed E-state index contributed by atoms with van der Waals surface area (Å²) in [4.78, 5) is 12.0. The average molecular weight is 475 g/mol. The minimum atomic E-state index is -3.40. The molecule has 5 rings (SSSR count). The molecule has 0 bridgehead atoms. The molecule has 1 atom stereocenters. The van der Waals surface area contributed by atoms with Crippen molar-refractivity contribution in [2.45, 2.75) is 49.5 Å². The van der Waals surface area contributed by atoms with Gasteiger partial charge >= 0.3 is 0 Å². The first kappa shape index (κ1) is 22.3. The molecule has 3 heterocycles. The standard InChI is InChI=1S/C25H26N6O2S/c26-11-9-23(31-15-20(14-30-31)24-22-10-12-27-25(22)29-17-28-24)19-7-4-8-21(13-19)34(32,33)16-18-5-2-1-3-6-18/h4,7-8,10,12-15,17-18,23H,1-3,5-6,9,16H2,(H,27,28,29). The molecule has 0 spiro atoms. The zero-order valence-corrected chi connectivity index (χ0v) is 19.6. The Balaban J connectivity index is 1.45. The Labute approximate surface area is 198 Å². The molecule has 4 aromatic rings. The lowest BCUT2D eigenvalue weighted by Gasteiger charge is -2.21. The smallest absolute Gasteiger partial charge is 0.178 e. The minimum absolute atomic E-state index is 0.163. The molecule has 3 aromatic heterocycles. The first-order valence-corrected chi connectivity index (χ1v) is 13.2. The number of hydrogen-bond donors (Lipinski definition) is 1. The number of benzene rings is 1. The van der Waals surface area contributed by atoms with E-state index in [1.165, 1.54) is 12.7 Å². The first-order chi connectivity index (χ1) is 16.5. The second-order valence-electron chi connectivity index (χ2n) is 8.91. The van der Waals surface area contributed by atoms with Crippen molar-refractivity contribution < 1.29 is 8.42 Å². The van der Waals surface area contributed by atoms with E-state index < -0.39 is 15.9 Å². The number of nitrogens with zero attached hydrogens (tertiary/aromatic N) is 5. The molecule has 0 saturated heterocycles. The van der Waals surface area contributed by atoms with Crippen molar-refractivity contribution in [3.8, 4) is 17.3 Å². The van der Waals surface area contributed by atoms with E-state index in [1.807, 2.05) is 24.5 Å². The predicted molar refractivity (Wildman–Crippen MR) is 129 cm³/mol. The number of aromatic nitrogens is 5. The van der Waals surface area contributed by atoms with Crippen LogP contribution in [0.5, 0.6) is 0 Å². The summed E-state index contributed by atoms with van der Waals surface area (Å²) in [5, 5.41) is 14.9. The first-order valence-electron chi connectivity index (χ1n) is 11.6. The average Bonchev–Trinajstić information content (AvgIpc) is 3.53. The second kappa shape index (κ2) is 9.39. The second-order valence-corrected chi connectivity index (χ2v) is 10.9. The largest absolute Gasteiger partial charge is 0.346 e. The van der Waals surface area contributed by atoms with Crippen LogP contribution in [-0.2, 0) is 9.84 Å². The highest BCUT2D eigenvalue weighted by Crippen LogP contribution is 2.30. The Morgan fingerprint density at radius 1 is 1.18 bits per heavy atom. The molecule has 1 unspecified atom stereocenters. The maximum absolute atomic E-state index is 13.2. The van der Waals surface area contributed by atoms with Crippen molar-refractivity contribution in [2.24, 2.45) is 5.92 Å². The van der Waals surface area contributed by atoms with Crippen molar-refractivity contribution in [1.82, 2.24) is 24.7 Å². The Morgan fingerprint density at radius 3 is 2.85 bits per heavy atom. The number of nitrogens with one attached hydrogen (secondary N) is 1. The summed E-state index contributed by atoms with van der Waals surface area (Å²) < 4.78 is 28.0. The highest BCUT2D eigenvalue weighted by Gasteiger charge is 2.25. The van der Waals surface area contributed by atoms with Crippen molar-refractivity contribution in [2.75, 3.05) is 5.75 Å². The number of rotatable bonds is 7. The number of sulfone groups is 1. The fourth-order valence-electron chi connectivity index (χ4n) is 4.86. The third-order valence-electron chi connectivity index (χ3n) is 6.61. The molecule has 1 aliphatic carbocycles. The van der Waals surface area contributed by atoms with Gasteiger partial charge in [0.2, 0.25) is 0 Å². The lowest BCUT2D eigenvalue weighted by Crippen LogP contribution is -2.19. The summed E-state index contributed by atoms with van der Waals surface area (Å²) in [6, 6.07) is 10.7. The number of aromatic amines is 1. The molecule has 174 valence electrons. The van der Waals surface area contributed by atoms with Gasteiger partial charge in [-0.25, -0.2) is 18.4 Å². The SMILES string of the molecule is N#CCC(c1cccc(S(=O)(=O)CC2CCCCC2)c1)n1cc(-c2ncnc3[nH]ccc23)cn1. The zero-order valence-electron chi connectivity index (χ0n) is 18.8. The quantitative estimate of drug-likeness (QED) is 0.416. The molecule has 0 aliphatic heterocycles. The molecule has 1 saturated carbocycles. The lowest BCUT2D eigenvalue weighted by molar-refractivity contribution is 0.385. The number of nitriles is 1. The Kier molecular flexibility index (Phi) is 6.16. The van der Waals surface area contributed by atoms with Crippen LogP contribution in [0.2, 0.25) is 0 Å². The highest BCUT2D eigenvalue weighted by molar-refractivity contribution is 7.91. The summed E-state index contributed by atoms with van der Waals surface area (Å²) in [6.07, 6.45) is 12.4. The van der Waals surface area contributed by atoms with Gasteiger partial charge in [-0.3, -0.25) is 4.68 Å². The zero-order chi connectivity index (χ0) is 23.5. The maximum Gasteiger partial charge on any atom is 0.178 e. The van der Waals surface area contributed by atoms with E-state index in [1.54, 1.807) is 29.1 Å². The molecule has 1 N–H and O–H groups in total. The molecule has 8 nitrogen and oxygen atoms in total. The van der Waals surface area contributed by atoms with Gasteiger partial charge in [0.1, 0.15) is 12.0 Å². The van der Waals surface area contributed by atoms with Crippen LogP contribution in [0.15, 0.2) is 60.1 Å². The topological polar surface area (TPSA) is 117 Å². The van der Waals surface area contributed by atoms with E-state index in [9.17, 15) is 13.7 Å². The van der Waals surface area contributed by atoms with Gasteiger partial charge < -0.3 is 4.98 Å². The Morgan fingerprint density at radius 2 is 2.03 bits per heavy atom. The van der Waals surface area contributed by atoms with E-state index in [0.29, 0.717) is 4.90 Å².